The number of fused-ring (bicyclic) bond motifs is 3. The van der Waals surface area contributed by atoms with E-state index in [4.69, 9.17) is 10.5 Å². The molecule has 6 nitrogen and oxygen atoms in total. The van der Waals surface area contributed by atoms with E-state index in [0.717, 1.165) is 40.3 Å². The average molecular weight is 484 g/mol. The highest BCUT2D eigenvalue weighted by atomic mass is 19.1. The fourth-order valence-electron chi connectivity index (χ4n) is 4.28. The fraction of sp³-hybridized carbons (Fsp3) is 0.200. The molecule has 0 atom stereocenters. The van der Waals surface area contributed by atoms with E-state index >= 15 is 0 Å². The zero-order valence-corrected chi connectivity index (χ0v) is 18.4. The van der Waals surface area contributed by atoms with Crippen LogP contribution in [-0.4, -0.2) is 27.4 Å². The Kier molecular flexibility index (Phi) is 5.89. The van der Waals surface area contributed by atoms with Crippen LogP contribution >= 0.6 is 0 Å². The van der Waals surface area contributed by atoms with E-state index in [9.17, 15) is 22.4 Å². The highest BCUT2D eigenvalue weighted by Crippen LogP contribution is 2.30. The van der Waals surface area contributed by atoms with Crippen molar-refractivity contribution >= 4 is 22.8 Å². The molecule has 3 heterocycles. The molecule has 0 bridgehead atoms. The van der Waals surface area contributed by atoms with Crippen LogP contribution < -0.4 is 5.73 Å². The molecule has 2 aromatic carbocycles. The Morgan fingerprint density at radius 1 is 0.971 bits per heavy atom. The summed E-state index contributed by atoms with van der Waals surface area (Å²) in [6.45, 7) is -0.348. The molecule has 0 aliphatic carbocycles. The number of anilines is 1. The number of hydrogen-bond acceptors (Lipinski definition) is 4. The second kappa shape index (κ2) is 9.03. The van der Waals surface area contributed by atoms with Gasteiger partial charge in [0.05, 0.1) is 37.3 Å². The predicted molar refractivity (Wildman–Crippen MR) is 120 cm³/mol. The van der Waals surface area contributed by atoms with E-state index in [1.165, 1.54) is 18.2 Å². The molecule has 35 heavy (non-hydrogen) atoms. The number of nitrogen functional groups attached to an aromatic ring is 1. The largest absolute Gasteiger partial charge is 0.383 e. The second-order valence-corrected chi connectivity index (χ2v) is 8.26. The maximum atomic E-state index is 14.4. The van der Waals surface area contributed by atoms with Crippen LogP contribution in [0.5, 0.6) is 0 Å². The predicted octanol–water partition coefficient (Wildman–Crippen LogP) is 4.62. The van der Waals surface area contributed by atoms with Gasteiger partial charge in [0.15, 0.2) is 0 Å². The molecule has 10 heteroatoms. The maximum Gasteiger partial charge on any atom is 0.270 e. The molecule has 1 aliphatic rings. The summed E-state index contributed by atoms with van der Waals surface area (Å²) >= 11 is 0. The molecule has 1 amide bonds. The lowest BCUT2D eigenvalue weighted by Crippen LogP contribution is -2.32. The first kappa shape index (κ1) is 22.9. The van der Waals surface area contributed by atoms with Crippen molar-refractivity contribution in [2.24, 2.45) is 0 Å². The zero-order valence-electron chi connectivity index (χ0n) is 18.4. The molecule has 180 valence electrons. The molecular formula is C25H20F4N4O2. The summed E-state index contributed by atoms with van der Waals surface area (Å²) in [6, 6.07) is 8.02. The van der Waals surface area contributed by atoms with Gasteiger partial charge in [-0.2, -0.15) is 0 Å². The topological polar surface area (TPSA) is 84.2 Å². The number of hydrogen-bond donors (Lipinski definition) is 2. The number of rotatable bonds is 5. The van der Waals surface area contributed by atoms with E-state index < -0.39 is 53.4 Å². The lowest BCUT2D eigenvalue weighted by atomic mass is 10.0. The van der Waals surface area contributed by atoms with Crippen LogP contribution in [0.25, 0.3) is 11.0 Å². The minimum absolute atomic E-state index is 0.0272. The number of nitrogens with one attached hydrogen (secondary N) is 1. The van der Waals surface area contributed by atoms with Crippen molar-refractivity contribution in [2.45, 2.75) is 26.1 Å². The van der Waals surface area contributed by atoms with Gasteiger partial charge in [-0.05, 0) is 36.8 Å². The minimum atomic E-state index is -0.880. The van der Waals surface area contributed by atoms with Crippen LogP contribution in [0.4, 0.5) is 23.4 Å². The van der Waals surface area contributed by atoms with Crippen molar-refractivity contribution in [1.29, 1.82) is 0 Å². The Bertz CT molecular complexity index is 1360. The van der Waals surface area contributed by atoms with Gasteiger partial charge in [-0.1, -0.05) is 12.1 Å². The number of ether oxygens (including phenoxy) is 1. The number of benzene rings is 2. The number of halogens is 4. The summed E-state index contributed by atoms with van der Waals surface area (Å²) in [5, 5.41) is 0. The maximum absolute atomic E-state index is 14.4. The van der Waals surface area contributed by atoms with Gasteiger partial charge in [0.2, 0.25) is 0 Å². The van der Waals surface area contributed by atoms with E-state index in [-0.39, 0.29) is 12.3 Å². The smallest absolute Gasteiger partial charge is 0.270 e. The summed E-state index contributed by atoms with van der Waals surface area (Å²) in [5.41, 5.74) is 7.85. The Morgan fingerprint density at radius 3 is 2.11 bits per heavy atom. The van der Waals surface area contributed by atoms with Crippen molar-refractivity contribution in [3.63, 3.8) is 0 Å². The number of aromatic amines is 1. The van der Waals surface area contributed by atoms with E-state index in [1.807, 2.05) is 0 Å². The lowest BCUT2D eigenvalue weighted by Gasteiger charge is -2.23. The summed E-state index contributed by atoms with van der Waals surface area (Å²) in [7, 11) is 0. The molecule has 0 spiro atoms. The number of pyridine rings is 1. The van der Waals surface area contributed by atoms with E-state index in [2.05, 4.69) is 9.97 Å². The Hall–Kier alpha value is -3.92. The molecule has 3 N–H and O–H groups in total. The van der Waals surface area contributed by atoms with Crippen LogP contribution in [0.3, 0.4) is 0 Å². The SMILES string of the molecule is Nc1nc2cc(C(=O)N(Cc3c(F)cccc3F)Cc3c(F)cccc3F)[nH]c2c2c1CCOC2. The molecule has 0 saturated carbocycles. The molecule has 0 fully saturated rings. The van der Waals surface area contributed by atoms with Gasteiger partial charge in [0.1, 0.15) is 34.8 Å². The summed E-state index contributed by atoms with van der Waals surface area (Å²) in [4.78, 5) is 21.9. The molecule has 1 aliphatic heterocycles. The lowest BCUT2D eigenvalue weighted by molar-refractivity contribution is 0.0718. The number of H-pyrrole nitrogens is 1. The summed E-state index contributed by atoms with van der Waals surface area (Å²) in [6.07, 6.45) is 0.567. The van der Waals surface area contributed by atoms with Gasteiger partial charge in [0, 0.05) is 22.3 Å². The molecule has 5 rings (SSSR count). The van der Waals surface area contributed by atoms with Crippen LogP contribution in [0.15, 0.2) is 42.5 Å². The van der Waals surface area contributed by atoms with Crippen molar-refractivity contribution in [3.8, 4) is 0 Å². The van der Waals surface area contributed by atoms with Crippen LogP contribution in [0, 0.1) is 23.3 Å². The molecule has 4 aromatic rings. The van der Waals surface area contributed by atoms with Gasteiger partial charge in [0.25, 0.3) is 5.91 Å². The van der Waals surface area contributed by atoms with Crippen molar-refractivity contribution in [1.82, 2.24) is 14.9 Å². The Balaban J connectivity index is 1.58. The monoisotopic (exact) mass is 484 g/mol. The zero-order chi connectivity index (χ0) is 24.7. The van der Waals surface area contributed by atoms with Gasteiger partial charge in [-0.3, -0.25) is 4.79 Å². The highest BCUT2D eigenvalue weighted by Gasteiger charge is 2.26. The van der Waals surface area contributed by atoms with Gasteiger partial charge >= 0.3 is 0 Å². The fourth-order valence-corrected chi connectivity index (χ4v) is 4.28. The number of amides is 1. The summed E-state index contributed by atoms with van der Waals surface area (Å²) in [5.74, 6) is -3.92. The van der Waals surface area contributed by atoms with Crippen LogP contribution in [0.2, 0.25) is 0 Å². The van der Waals surface area contributed by atoms with Gasteiger partial charge in [-0.25, -0.2) is 22.5 Å². The van der Waals surface area contributed by atoms with Gasteiger partial charge in [-0.15, -0.1) is 0 Å². The first-order chi connectivity index (χ1) is 16.8. The van der Waals surface area contributed by atoms with Crippen LogP contribution in [-0.2, 0) is 30.9 Å². The number of carbonyl (C=O) groups excluding carboxylic acids is 1. The van der Waals surface area contributed by atoms with Crippen molar-refractivity contribution in [3.05, 3.63) is 93.7 Å². The Labute approximate surface area is 197 Å². The number of nitrogens with zero attached hydrogens (tertiary/aromatic N) is 2. The molecule has 0 radical (unpaired) electrons. The molecule has 0 saturated heterocycles. The molecular weight excluding hydrogens is 464 g/mol. The van der Waals surface area contributed by atoms with Crippen LogP contribution in [0.1, 0.15) is 32.7 Å². The first-order valence-electron chi connectivity index (χ1n) is 10.9. The van der Waals surface area contributed by atoms with E-state index in [1.54, 1.807) is 0 Å². The molecule has 2 aromatic heterocycles. The first-order valence-corrected chi connectivity index (χ1v) is 10.9. The number of aromatic nitrogens is 2. The number of carbonyl (C=O) groups is 1. The Morgan fingerprint density at radius 2 is 1.54 bits per heavy atom. The third-order valence-corrected chi connectivity index (χ3v) is 6.09. The second-order valence-electron chi connectivity index (χ2n) is 8.26. The third-order valence-electron chi connectivity index (χ3n) is 6.09. The normalized spacial score (nSPS) is 13.1. The molecule has 0 unspecified atom stereocenters. The van der Waals surface area contributed by atoms with E-state index in [0.29, 0.717) is 29.9 Å². The number of nitrogens with two attached hydrogens (primary N) is 1. The third kappa shape index (κ3) is 4.21. The highest BCUT2D eigenvalue weighted by molar-refractivity contribution is 5.98. The quantitative estimate of drug-likeness (QED) is 0.405. The van der Waals surface area contributed by atoms with Gasteiger partial charge < -0.3 is 20.4 Å². The average Bonchev–Trinajstić information content (AvgIpc) is 3.26. The van der Waals surface area contributed by atoms with Crippen molar-refractivity contribution < 1.29 is 27.1 Å². The standard InChI is InChI=1S/C25H20F4N4O2/c26-17-3-1-4-18(27)14(17)10-33(11-15-19(28)5-2-6-20(15)29)25(34)22-9-21-23(31-22)16-12-35-8-7-13(16)24(30)32-21/h1-6,9,31H,7-8,10-12H2,(H2,30,32). The minimum Gasteiger partial charge on any atom is -0.383 e. The summed E-state index contributed by atoms with van der Waals surface area (Å²) < 4.78 is 63.1. The van der Waals surface area contributed by atoms with Crippen molar-refractivity contribution in [2.75, 3.05) is 12.3 Å².